The van der Waals surface area contributed by atoms with Crippen molar-refractivity contribution >= 4 is 29.3 Å². The topological polar surface area (TPSA) is 88.9 Å². The molecule has 2 amide bonds. The van der Waals surface area contributed by atoms with Gasteiger partial charge in [-0.15, -0.1) is 10.2 Å². The van der Waals surface area contributed by atoms with Gasteiger partial charge in [0.05, 0.1) is 11.8 Å². The first-order chi connectivity index (χ1) is 15.7. The molecule has 0 aliphatic heterocycles. The molecular weight excluding hydrogens is 434 g/mol. The zero-order valence-corrected chi connectivity index (χ0v) is 20.8. The van der Waals surface area contributed by atoms with Crippen LogP contribution in [-0.4, -0.2) is 32.3 Å². The molecule has 8 heteroatoms. The number of nitrogens with one attached hydrogen (secondary N) is 2. The molecule has 0 aliphatic carbocycles. The van der Waals surface area contributed by atoms with Crippen LogP contribution < -0.4 is 10.6 Å². The standard InChI is InChI=1S/C25H31N5O2S/c1-15(2)21(27-24(32)19-12-10-16(3)11-13-19)23-28-29-25(30(23)6)33-14-20(31)26-22-17(4)8-7-9-18(22)5/h7-13,15,21H,14H2,1-6H3,(H,26,31)(H,27,32). The molecule has 3 aromatic rings. The minimum atomic E-state index is -0.311. The zero-order chi connectivity index (χ0) is 24.1. The zero-order valence-electron chi connectivity index (χ0n) is 20.0. The van der Waals surface area contributed by atoms with Gasteiger partial charge in [-0.3, -0.25) is 9.59 Å². The third kappa shape index (κ3) is 6.01. The molecule has 2 N–H and O–H groups in total. The van der Waals surface area contributed by atoms with Crippen molar-refractivity contribution in [3.63, 3.8) is 0 Å². The van der Waals surface area contributed by atoms with Crippen molar-refractivity contribution in [3.8, 4) is 0 Å². The molecule has 0 radical (unpaired) electrons. The molecule has 174 valence electrons. The van der Waals surface area contributed by atoms with Crippen molar-refractivity contribution in [2.45, 2.75) is 45.8 Å². The van der Waals surface area contributed by atoms with Crippen LogP contribution in [0.15, 0.2) is 47.6 Å². The highest BCUT2D eigenvalue weighted by Gasteiger charge is 2.25. The third-order valence-corrected chi connectivity index (χ3v) is 6.51. The number of carbonyl (C=O) groups excluding carboxylic acids is 2. The van der Waals surface area contributed by atoms with Crippen LogP contribution in [0.3, 0.4) is 0 Å². The predicted molar refractivity (Wildman–Crippen MR) is 132 cm³/mol. The lowest BCUT2D eigenvalue weighted by atomic mass is 10.0. The van der Waals surface area contributed by atoms with Gasteiger partial charge in [0.1, 0.15) is 0 Å². The van der Waals surface area contributed by atoms with Crippen molar-refractivity contribution in [3.05, 3.63) is 70.5 Å². The van der Waals surface area contributed by atoms with Crippen molar-refractivity contribution in [2.24, 2.45) is 13.0 Å². The van der Waals surface area contributed by atoms with E-state index in [1.165, 1.54) is 11.8 Å². The van der Waals surface area contributed by atoms with Crippen LogP contribution >= 0.6 is 11.8 Å². The number of anilines is 1. The van der Waals surface area contributed by atoms with Gasteiger partial charge in [0.15, 0.2) is 11.0 Å². The Morgan fingerprint density at radius 2 is 1.64 bits per heavy atom. The summed E-state index contributed by atoms with van der Waals surface area (Å²) in [7, 11) is 1.86. The molecule has 33 heavy (non-hydrogen) atoms. The Bertz CT molecular complexity index is 1120. The van der Waals surface area contributed by atoms with Crippen LogP contribution in [0.25, 0.3) is 0 Å². The van der Waals surface area contributed by atoms with Crippen molar-refractivity contribution in [2.75, 3.05) is 11.1 Å². The first-order valence-corrected chi connectivity index (χ1v) is 11.9. The summed E-state index contributed by atoms with van der Waals surface area (Å²) in [5, 5.41) is 15.3. The van der Waals surface area contributed by atoms with Gasteiger partial charge in [-0.2, -0.15) is 0 Å². The second-order valence-electron chi connectivity index (χ2n) is 8.56. The second-order valence-corrected chi connectivity index (χ2v) is 9.51. The molecule has 0 fully saturated rings. The number of amides is 2. The molecule has 1 heterocycles. The molecule has 0 aliphatic rings. The van der Waals surface area contributed by atoms with E-state index in [0.717, 1.165) is 22.4 Å². The van der Waals surface area contributed by atoms with E-state index < -0.39 is 0 Å². The van der Waals surface area contributed by atoms with Crippen LogP contribution in [0, 0.1) is 26.7 Å². The first kappa shape index (κ1) is 24.5. The number of benzene rings is 2. The third-order valence-electron chi connectivity index (χ3n) is 5.49. The lowest BCUT2D eigenvalue weighted by Crippen LogP contribution is -2.33. The average Bonchev–Trinajstić information content (AvgIpc) is 3.13. The maximum Gasteiger partial charge on any atom is 0.251 e. The predicted octanol–water partition coefficient (Wildman–Crippen LogP) is 4.60. The lowest BCUT2D eigenvalue weighted by molar-refractivity contribution is -0.113. The summed E-state index contributed by atoms with van der Waals surface area (Å²) in [6.07, 6.45) is 0. The maximum atomic E-state index is 12.8. The van der Waals surface area contributed by atoms with Gasteiger partial charge in [-0.25, -0.2) is 0 Å². The van der Waals surface area contributed by atoms with E-state index in [1.54, 1.807) is 0 Å². The molecule has 3 rings (SSSR count). The van der Waals surface area contributed by atoms with E-state index in [-0.39, 0.29) is 29.5 Å². The van der Waals surface area contributed by atoms with Crippen molar-refractivity contribution < 1.29 is 9.59 Å². The molecule has 1 unspecified atom stereocenters. The van der Waals surface area contributed by atoms with Crippen LogP contribution in [0.2, 0.25) is 0 Å². The van der Waals surface area contributed by atoms with E-state index in [1.807, 2.05) is 88.7 Å². The SMILES string of the molecule is Cc1ccc(C(=O)NC(c2nnc(SCC(=O)Nc3c(C)cccc3C)n2C)C(C)C)cc1. The van der Waals surface area contributed by atoms with Crippen LogP contribution in [-0.2, 0) is 11.8 Å². The fourth-order valence-electron chi connectivity index (χ4n) is 3.50. The highest BCUT2D eigenvalue weighted by atomic mass is 32.2. The monoisotopic (exact) mass is 465 g/mol. The van der Waals surface area contributed by atoms with E-state index in [0.29, 0.717) is 16.5 Å². The number of rotatable bonds is 8. The normalized spacial score (nSPS) is 12.0. The molecule has 0 bridgehead atoms. The Balaban J connectivity index is 1.68. The fourth-order valence-corrected chi connectivity index (χ4v) is 4.22. The molecule has 0 saturated carbocycles. The largest absolute Gasteiger partial charge is 0.342 e. The second kappa shape index (κ2) is 10.7. The minimum Gasteiger partial charge on any atom is -0.342 e. The van der Waals surface area contributed by atoms with Crippen LogP contribution in [0.1, 0.15) is 52.8 Å². The lowest BCUT2D eigenvalue weighted by Gasteiger charge is -2.21. The number of carbonyl (C=O) groups is 2. The summed E-state index contributed by atoms with van der Waals surface area (Å²) in [5.74, 6) is 0.714. The van der Waals surface area contributed by atoms with E-state index >= 15 is 0 Å². The molecule has 2 aromatic carbocycles. The summed E-state index contributed by atoms with van der Waals surface area (Å²) in [4.78, 5) is 25.3. The molecule has 0 saturated heterocycles. The Kier molecular flexibility index (Phi) is 7.92. The van der Waals surface area contributed by atoms with Gasteiger partial charge < -0.3 is 15.2 Å². The van der Waals surface area contributed by atoms with Gasteiger partial charge >= 0.3 is 0 Å². The first-order valence-electron chi connectivity index (χ1n) is 10.9. The highest BCUT2D eigenvalue weighted by Crippen LogP contribution is 2.25. The highest BCUT2D eigenvalue weighted by molar-refractivity contribution is 7.99. The van der Waals surface area contributed by atoms with Crippen LogP contribution in [0.4, 0.5) is 5.69 Å². The maximum absolute atomic E-state index is 12.8. The smallest absolute Gasteiger partial charge is 0.251 e. The number of aryl methyl sites for hydroxylation is 3. The number of nitrogens with zero attached hydrogens (tertiary/aromatic N) is 3. The molecule has 1 aromatic heterocycles. The summed E-state index contributed by atoms with van der Waals surface area (Å²) >= 11 is 1.32. The number of hydrogen-bond acceptors (Lipinski definition) is 5. The molecule has 1 atom stereocenters. The Morgan fingerprint density at radius 3 is 2.24 bits per heavy atom. The van der Waals surface area contributed by atoms with Crippen LogP contribution in [0.5, 0.6) is 0 Å². The number of para-hydroxylation sites is 1. The van der Waals surface area contributed by atoms with E-state index in [9.17, 15) is 9.59 Å². The Labute approximate surface area is 199 Å². The van der Waals surface area contributed by atoms with E-state index in [4.69, 9.17) is 0 Å². The molecule has 7 nitrogen and oxygen atoms in total. The van der Waals surface area contributed by atoms with Gasteiger partial charge in [-0.1, -0.05) is 61.5 Å². The molecular formula is C25H31N5O2S. The van der Waals surface area contributed by atoms with Gasteiger partial charge in [-0.05, 0) is 49.9 Å². The van der Waals surface area contributed by atoms with Gasteiger partial charge in [0.2, 0.25) is 5.91 Å². The minimum absolute atomic E-state index is 0.102. The van der Waals surface area contributed by atoms with Gasteiger partial charge in [0, 0.05) is 18.3 Å². The summed E-state index contributed by atoms with van der Waals surface area (Å²) in [6.45, 7) is 9.99. The van der Waals surface area contributed by atoms with Crippen molar-refractivity contribution in [1.29, 1.82) is 0 Å². The quantitative estimate of drug-likeness (QED) is 0.475. The van der Waals surface area contributed by atoms with Crippen molar-refractivity contribution in [1.82, 2.24) is 20.1 Å². The summed E-state index contributed by atoms with van der Waals surface area (Å²) in [6, 6.07) is 13.1. The molecule has 0 spiro atoms. The number of aromatic nitrogens is 3. The summed E-state index contributed by atoms with van der Waals surface area (Å²) < 4.78 is 1.84. The number of hydrogen-bond donors (Lipinski definition) is 2. The summed E-state index contributed by atoms with van der Waals surface area (Å²) in [5.41, 5.74) is 4.60. The van der Waals surface area contributed by atoms with E-state index in [2.05, 4.69) is 20.8 Å². The average molecular weight is 466 g/mol. The number of thioether (sulfide) groups is 1. The Hall–Kier alpha value is -3.13. The fraction of sp³-hybridized carbons (Fsp3) is 0.360. The van der Waals surface area contributed by atoms with Gasteiger partial charge in [0.25, 0.3) is 5.91 Å². The Morgan fingerprint density at radius 1 is 1.00 bits per heavy atom.